The van der Waals surface area contributed by atoms with Crippen LogP contribution in [0.3, 0.4) is 0 Å². The van der Waals surface area contributed by atoms with Gasteiger partial charge in [-0.05, 0) is 36.7 Å². The van der Waals surface area contributed by atoms with Crippen molar-refractivity contribution in [2.45, 2.75) is 39.5 Å². The molecule has 0 spiro atoms. The molecule has 1 aliphatic rings. The van der Waals surface area contributed by atoms with E-state index in [2.05, 4.69) is 46.2 Å². The van der Waals surface area contributed by atoms with Crippen molar-refractivity contribution in [3.8, 4) is 0 Å². The summed E-state index contributed by atoms with van der Waals surface area (Å²) in [4.78, 5) is 9.20. The highest BCUT2D eigenvalue weighted by atomic mass is 32.2. The molecule has 0 aromatic carbocycles. The van der Waals surface area contributed by atoms with Gasteiger partial charge in [-0.25, -0.2) is 9.97 Å². The fourth-order valence-corrected chi connectivity index (χ4v) is 3.54. The summed E-state index contributed by atoms with van der Waals surface area (Å²) in [6.45, 7) is 6.32. The van der Waals surface area contributed by atoms with Crippen LogP contribution in [0.2, 0.25) is 0 Å². The number of hydrogen-bond acceptors (Lipinski definition) is 5. The lowest BCUT2D eigenvalue weighted by Crippen LogP contribution is -2.15. The predicted octanol–water partition coefficient (Wildman–Crippen LogP) is 3.42. The largest absolute Gasteiger partial charge is 0.370 e. The van der Waals surface area contributed by atoms with Gasteiger partial charge < -0.3 is 10.6 Å². The quantitative estimate of drug-likeness (QED) is 0.769. The van der Waals surface area contributed by atoms with Gasteiger partial charge in [0, 0.05) is 25.6 Å². The van der Waals surface area contributed by atoms with Gasteiger partial charge in [-0.2, -0.15) is 11.8 Å². The van der Waals surface area contributed by atoms with Crippen LogP contribution in [0, 0.1) is 5.92 Å². The molecule has 0 bridgehead atoms. The predicted molar refractivity (Wildman–Crippen MR) is 88.7 cm³/mol. The summed E-state index contributed by atoms with van der Waals surface area (Å²) < 4.78 is 0. The van der Waals surface area contributed by atoms with Crippen LogP contribution in [-0.2, 0) is 6.42 Å². The average Bonchev–Trinajstić information content (AvgIpc) is 2.96. The van der Waals surface area contributed by atoms with Gasteiger partial charge in [0.25, 0.3) is 0 Å². The number of anilines is 2. The zero-order chi connectivity index (χ0) is 14.2. The van der Waals surface area contributed by atoms with Crippen molar-refractivity contribution in [2.24, 2.45) is 5.92 Å². The zero-order valence-electron chi connectivity index (χ0n) is 12.6. The Hall–Kier alpha value is -0.970. The molecule has 0 amide bonds. The Bertz CT molecular complexity index is 405. The summed E-state index contributed by atoms with van der Waals surface area (Å²) in [6.07, 6.45) is 4.45. The topological polar surface area (TPSA) is 49.8 Å². The molecule has 1 aromatic heterocycles. The zero-order valence-corrected chi connectivity index (χ0v) is 13.4. The van der Waals surface area contributed by atoms with Crippen LogP contribution in [0.5, 0.6) is 0 Å². The highest BCUT2D eigenvalue weighted by molar-refractivity contribution is 7.99. The molecule has 2 rings (SSSR count). The molecule has 2 heterocycles. The summed E-state index contributed by atoms with van der Waals surface area (Å²) in [6, 6.07) is 2.04. The van der Waals surface area contributed by atoms with Gasteiger partial charge in [-0.1, -0.05) is 13.8 Å². The van der Waals surface area contributed by atoms with Gasteiger partial charge in [-0.15, -0.1) is 0 Å². The van der Waals surface area contributed by atoms with E-state index in [0.29, 0.717) is 0 Å². The minimum absolute atomic E-state index is 0.789. The molecular weight excluding hydrogens is 268 g/mol. The molecule has 1 saturated heterocycles. The maximum Gasteiger partial charge on any atom is 0.133 e. The first-order chi connectivity index (χ1) is 9.81. The van der Waals surface area contributed by atoms with E-state index in [4.69, 9.17) is 0 Å². The van der Waals surface area contributed by atoms with Gasteiger partial charge >= 0.3 is 0 Å². The minimum Gasteiger partial charge on any atom is -0.370 e. The highest BCUT2D eigenvalue weighted by Crippen LogP contribution is 2.23. The van der Waals surface area contributed by atoms with E-state index < -0.39 is 0 Å². The van der Waals surface area contributed by atoms with Crippen molar-refractivity contribution in [1.82, 2.24) is 9.97 Å². The van der Waals surface area contributed by atoms with Crippen LogP contribution >= 0.6 is 11.8 Å². The standard InChI is InChI=1S/C15H26N4S/c1-3-5-13-18-14(16-7-4-2)9-15(19-13)17-10-12-6-8-20-11-12/h9,12H,3-8,10-11H2,1-2H3,(H2,16,17,18,19). The number of thioether (sulfide) groups is 1. The lowest BCUT2D eigenvalue weighted by molar-refractivity contribution is 0.630. The van der Waals surface area contributed by atoms with Crippen LogP contribution in [-0.4, -0.2) is 34.6 Å². The highest BCUT2D eigenvalue weighted by Gasteiger charge is 2.15. The third-order valence-corrected chi connectivity index (χ3v) is 4.63. The van der Waals surface area contributed by atoms with Crippen molar-refractivity contribution >= 4 is 23.4 Å². The molecule has 2 N–H and O–H groups in total. The van der Waals surface area contributed by atoms with Crippen LogP contribution < -0.4 is 10.6 Å². The number of nitrogens with one attached hydrogen (secondary N) is 2. The summed E-state index contributed by atoms with van der Waals surface area (Å²) >= 11 is 2.06. The molecule has 1 aliphatic heterocycles. The number of nitrogens with zero attached hydrogens (tertiary/aromatic N) is 2. The second kappa shape index (κ2) is 8.35. The number of hydrogen-bond donors (Lipinski definition) is 2. The van der Waals surface area contributed by atoms with Crippen molar-refractivity contribution in [1.29, 1.82) is 0 Å². The molecule has 20 heavy (non-hydrogen) atoms. The van der Waals surface area contributed by atoms with Crippen molar-refractivity contribution in [2.75, 3.05) is 35.2 Å². The maximum atomic E-state index is 4.62. The van der Waals surface area contributed by atoms with E-state index in [1.807, 2.05) is 6.07 Å². The fraction of sp³-hybridized carbons (Fsp3) is 0.733. The van der Waals surface area contributed by atoms with Crippen molar-refractivity contribution in [3.63, 3.8) is 0 Å². The average molecular weight is 294 g/mol. The summed E-state index contributed by atoms with van der Waals surface area (Å²) in [5.41, 5.74) is 0. The molecule has 0 aliphatic carbocycles. The number of rotatable bonds is 8. The Morgan fingerprint density at radius 3 is 2.65 bits per heavy atom. The molecule has 1 fully saturated rings. The first kappa shape index (κ1) is 15.4. The lowest BCUT2D eigenvalue weighted by atomic mass is 10.1. The second-order valence-electron chi connectivity index (χ2n) is 5.34. The van der Waals surface area contributed by atoms with Gasteiger partial charge in [0.05, 0.1) is 0 Å². The van der Waals surface area contributed by atoms with Gasteiger partial charge in [0.15, 0.2) is 0 Å². The Labute approximate surface area is 126 Å². The van der Waals surface area contributed by atoms with E-state index in [1.54, 1.807) is 0 Å². The van der Waals surface area contributed by atoms with E-state index in [9.17, 15) is 0 Å². The van der Waals surface area contributed by atoms with E-state index in [0.717, 1.165) is 55.7 Å². The van der Waals surface area contributed by atoms with Crippen LogP contribution in [0.4, 0.5) is 11.6 Å². The SMILES string of the molecule is CCCNc1cc(NCC2CCSC2)nc(CCC)n1. The summed E-state index contributed by atoms with van der Waals surface area (Å²) in [5.74, 6) is 6.24. The first-order valence-corrected chi connectivity index (χ1v) is 8.90. The molecule has 1 aromatic rings. The monoisotopic (exact) mass is 294 g/mol. The van der Waals surface area contributed by atoms with Crippen LogP contribution in [0.15, 0.2) is 6.07 Å². The van der Waals surface area contributed by atoms with E-state index >= 15 is 0 Å². The van der Waals surface area contributed by atoms with Gasteiger partial charge in [0.1, 0.15) is 17.5 Å². The number of aromatic nitrogens is 2. The molecule has 4 nitrogen and oxygen atoms in total. The Morgan fingerprint density at radius 1 is 1.20 bits per heavy atom. The van der Waals surface area contributed by atoms with Gasteiger partial charge in [-0.3, -0.25) is 0 Å². The van der Waals surface area contributed by atoms with Crippen LogP contribution in [0.1, 0.15) is 38.9 Å². The Balaban J connectivity index is 1.98. The molecule has 5 heteroatoms. The maximum absolute atomic E-state index is 4.62. The molecule has 1 unspecified atom stereocenters. The molecule has 0 saturated carbocycles. The van der Waals surface area contributed by atoms with Crippen molar-refractivity contribution < 1.29 is 0 Å². The molecule has 112 valence electrons. The normalized spacial score (nSPS) is 18.2. The van der Waals surface area contributed by atoms with Gasteiger partial charge in [0.2, 0.25) is 0 Å². The van der Waals surface area contributed by atoms with Crippen LogP contribution in [0.25, 0.3) is 0 Å². The Kier molecular flexibility index (Phi) is 6.43. The third kappa shape index (κ3) is 4.85. The molecule has 0 radical (unpaired) electrons. The Morgan fingerprint density at radius 2 is 2.00 bits per heavy atom. The lowest BCUT2D eigenvalue weighted by Gasteiger charge is -2.13. The molecular formula is C15H26N4S. The summed E-state index contributed by atoms with van der Waals surface area (Å²) in [5, 5.41) is 6.86. The minimum atomic E-state index is 0.789. The molecule has 1 atom stereocenters. The summed E-state index contributed by atoms with van der Waals surface area (Å²) in [7, 11) is 0. The first-order valence-electron chi connectivity index (χ1n) is 7.75. The smallest absolute Gasteiger partial charge is 0.133 e. The van der Waals surface area contributed by atoms with E-state index in [-0.39, 0.29) is 0 Å². The third-order valence-electron chi connectivity index (χ3n) is 3.40. The van der Waals surface area contributed by atoms with E-state index in [1.165, 1.54) is 17.9 Å². The number of aryl methyl sites for hydroxylation is 1. The fourth-order valence-electron chi connectivity index (χ4n) is 2.26. The van der Waals surface area contributed by atoms with Crippen molar-refractivity contribution in [3.05, 3.63) is 11.9 Å². The second-order valence-corrected chi connectivity index (χ2v) is 6.49.